The molecular weight excluding hydrogens is 922 g/mol. The van der Waals surface area contributed by atoms with Crippen molar-refractivity contribution in [3.05, 3.63) is 169 Å². The molecule has 0 fully saturated rings. The first-order valence-electron chi connectivity index (χ1n) is 19.8. The van der Waals surface area contributed by atoms with E-state index < -0.39 is 18.3 Å². The van der Waals surface area contributed by atoms with Gasteiger partial charge in [0.05, 0.1) is 10.0 Å². The third-order valence-corrected chi connectivity index (χ3v) is 9.74. The summed E-state index contributed by atoms with van der Waals surface area (Å²) in [4.78, 5) is 55.3. The van der Waals surface area contributed by atoms with Crippen molar-refractivity contribution in [3.8, 4) is 11.1 Å². The Hall–Kier alpha value is -6.30. The maximum absolute atomic E-state index is 13.4. The quantitative estimate of drug-likeness (QED) is 0.107. The maximum atomic E-state index is 13.4. The molecule has 8 rings (SSSR count). The molecule has 0 spiro atoms. The normalized spacial score (nSPS) is 11.2. The molecule has 64 heavy (non-hydrogen) atoms. The van der Waals surface area contributed by atoms with Crippen molar-refractivity contribution >= 4 is 97.1 Å². The molecule has 4 heterocycles. The van der Waals surface area contributed by atoms with Crippen LogP contribution in [0.2, 0.25) is 10.0 Å². The number of benzene rings is 4. The summed E-state index contributed by atoms with van der Waals surface area (Å²) in [6, 6.07) is 36.4. The summed E-state index contributed by atoms with van der Waals surface area (Å²) in [6.07, 6.45) is 3.32. The Morgan fingerprint density at radius 2 is 1.03 bits per heavy atom. The van der Waals surface area contributed by atoms with Gasteiger partial charge in [-0.25, -0.2) is 9.97 Å². The van der Waals surface area contributed by atoms with Crippen molar-refractivity contribution in [1.82, 2.24) is 29.4 Å². The summed E-state index contributed by atoms with van der Waals surface area (Å²) in [5.74, 6) is 0.756. The fourth-order valence-electron chi connectivity index (χ4n) is 5.80. The highest BCUT2D eigenvalue weighted by molar-refractivity contribution is 9.10. The molecule has 0 saturated carbocycles. The average molecular weight is 967 g/mol. The summed E-state index contributed by atoms with van der Waals surface area (Å²) >= 11 is 15.2. The Bertz CT molecular complexity index is 3000. The van der Waals surface area contributed by atoms with E-state index in [0.717, 1.165) is 11.4 Å². The van der Waals surface area contributed by atoms with Crippen LogP contribution in [0, 0.1) is 0 Å². The minimum atomic E-state index is -1.48. The molecule has 0 aliphatic rings. The van der Waals surface area contributed by atoms with E-state index in [1.54, 1.807) is 60.9 Å². The van der Waals surface area contributed by atoms with Crippen LogP contribution in [0.5, 0.6) is 0 Å². The fourth-order valence-corrected chi connectivity index (χ4v) is 6.68. The number of hydrogen-bond donors (Lipinski definition) is 4. The molecule has 18 heteroatoms. The minimum absolute atomic E-state index is 0.304. The second kappa shape index (κ2) is 20.5. The van der Waals surface area contributed by atoms with Crippen molar-refractivity contribution in [2.75, 3.05) is 10.6 Å². The number of pyridine rings is 2. The van der Waals surface area contributed by atoms with Crippen LogP contribution < -0.4 is 36.9 Å². The van der Waals surface area contributed by atoms with Gasteiger partial charge in [0.1, 0.15) is 11.2 Å². The van der Waals surface area contributed by atoms with Crippen LogP contribution in [0.4, 0.5) is 23.3 Å². The molecule has 0 aliphatic carbocycles. The molecule has 8 aromatic rings. The van der Waals surface area contributed by atoms with Crippen LogP contribution in [-0.4, -0.2) is 57.8 Å². The first-order chi connectivity index (χ1) is 30.4. The van der Waals surface area contributed by atoms with Gasteiger partial charge in [0.2, 0.25) is 11.9 Å². The highest BCUT2D eigenvalue weighted by Crippen LogP contribution is 2.28. The van der Waals surface area contributed by atoms with E-state index >= 15 is 0 Å². The Balaban J connectivity index is 0.000000178. The second-order valence-electron chi connectivity index (χ2n) is 16.0. The fraction of sp³-hybridized carbons (Fsp3) is 0.174. The molecular formula is C46H44BBrCl2N8O6. The van der Waals surface area contributed by atoms with E-state index in [4.69, 9.17) is 42.9 Å². The second-order valence-corrected chi connectivity index (χ2v) is 17.6. The van der Waals surface area contributed by atoms with E-state index in [0.29, 0.717) is 65.1 Å². The summed E-state index contributed by atoms with van der Waals surface area (Å²) in [6.45, 7) is 11.2. The monoisotopic (exact) mass is 964 g/mol. The number of nitrogens with zero attached hydrogens (tertiary/aromatic N) is 6. The van der Waals surface area contributed by atoms with Crippen molar-refractivity contribution in [2.45, 2.75) is 52.7 Å². The van der Waals surface area contributed by atoms with Gasteiger partial charge in [0, 0.05) is 55.6 Å². The van der Waals surface area contributed by atoms with Crippen molar-refractivity contribution in [2.24, 2.45) is 0 Å². The van der Waals surface area contributed by atoms with Gasteiger partial charge in [-0.1, -0.05) is 96.0 Å². The van der Waals surface area contributed by atoms with E-state index in [2.05, 4.69) is 46.5 Å². The molecule has 328 valence electrons. The lowest BCUT2D eigenvalue weighted by molar-refractivity contribution is -0.0147. The van der Waals surface area contributed by atoms with Gasteiger partial charge in [-0.15, -0.1) is 9.46 Å². The predicted molar refractivity (Wildman–Crippen MR) is 259 cm³/mol. The van der Waals surface area contributed by atoms with E-state index in [1.807, 2.05) is 114 Å². The van der Waals surface area contributed by atoms with Crippen LogP contribution in [-0.2, 0) is 0 Å². The largest absolute Gasteiger partial charge is 0.489 e. The van der Waals surface area contributed by atoms with Crippen LogP contribution in [0.25, 0.3) is 33.2 Å². The summed E-state index contributed by atoms with van der Waals surface area (Å²) < 4.78 is 2.83. The number of anilines is 4. The smallest absolute Gasteiger partial charge is 0.423 e. The number of aromatic nitrogens is 6. The number of nitrogens with one attached hydrogen (secondary N) is 2. The molecule has 0 saturated heterocycles. The predicted octanol–water partition coefficient (Wildman–Crippen LogP) is 8.63. The molecule has 0 aliphatic heterocycles. The third-order valence-electron chi connectivity index (χ3n) is 8.50. The minimum Gasteiger partial charge on any atom is -0.423 e. The summed E-state index contributed by atoms with van der Waals surface area (Å²) in [5, 5.41) is 25.8. The van der Waals surface area contributed by atoms with Crippen LogP contribution in [0.3, 0.4) is 0 Å². The zero-order valence-corrected chi connectivity index (χ0v) is 38.7. The van der Waals surface area contributed by atoms with E-state index in [9.17, 15) is 9.59 Å². The highest BCUT2D eigenvalue weighted by atomic mass is 79.9. The van der Waals surface area contributed by atoms with Crippen molar-refractivity contribution in [3.63, 3.8) is 0 Å². The average Bonchev–Trinajstić information content (AvgIpc) is 3.24. The maximum Gasteiger partial charge on any atom is 0.489 e. The molecule has 4 aromatic carbocycles. The van der Waals surface area contributed by atoms with E-state index in [1.165, 1.54) is 9.46 Å². The molecule has 0 unspecified atom stereocenters. The first-order valence-corrected chi connectivity index (χ1v) is 21.3. The van der Waals surface area contributed by atoms with Gasteiger partial charge in [-0.05, 0) is 106 Å². The zero-order valence-electron chi connectivity index (χ0n) is 35.6. The van der Waals surface area contributed by atoms with Gasteiger partial charge in [-0.3, -0.25) is 9.59 Å². The zero-order chi connectivity index (χ0) is 46.2. The lowest BCUT2D eigenvalue weighted by Gasteiger charge is -2.23. The van der Waals surface area contributed by atoms with Crippen molar-refractivity contribution in [1.29, 1.82) is 0 Å². The van der Waals surface area contributed by atoms with Gasteiger partial charge in [-0.2, -0.15) is 9.97 Å². The van der Waals surface area contributed by atoms with Crippen LogP contribution in [0.15, 0.2) is 148 Å². The molecule has 0 amide bonds. The number of hydrogen-bond acceptors (Lipinski definition) is 12. The number of halogens is 3. The van der Waals surface area contributed by atoms with Gasteiger partial charge in [0.15, 0.2) is 11.3 Å². The highest BCUT2D eigenvalue weighted by Gasteiger charge is 2.22. The Morgan fingerprint density at radius 3 is 1.48 bits per heavy atom. The van der Waals surface area contributed by atoms with Gasteiger partial charge in [0.25, 0.3) is 11.1 Å². The standard InChI is InChI=1S/C23H21ClN4O2.C17H17BrN4O2.C6H6BClO2/c1-23(2,3)30-28-20-15(13-18(21(28)29)17-11-7-8-12-19(17)24)14-25-22(27-20)26-16-9-5-4-6-10-16;1-17(2,3)24-22-14-11(9-13(18)15(22)23)10-19-16(21-14)20-12-7-5-4-6-8-12;8-6-4-2-1-3-5(6)7(9)10/h4-14H,1-3H3,(H,25,26,27);4-10H,1-3H3,(H,19,20,21);1-4,9-10H. The lowest BCUT2D eigenvalue weighted by Crippen LogP contribution is -2.39. The third kappa shape index (κ3) is 12.5. The molecule has 0 radical (unpaired) electrons. The SMILES string of the molecule is CC(C)(C)On1c(=O)c(-c2ccccc2Cl)cc2cnc(Nc3ccccc3)nc21.CC(C)(C)On1c(=O)c(Br)cc2cnc(Nc3ccccc3)nc21.OB(O)c1ccccc1Cl. The van der Waals surface area contributed by atoms with Gasteiger partial charge >= 0.3 is 7.12 Å². The Labute approximate surface area is 387 Å². The molecule has 4 aromatic heterocycles. The topological polar surface area (TPSA) is 179 Å². The van der Waals surface area contributed by atoms with Crippen molar-refractivity contribution < 1.29 is 19.7 Å². The lowest BCUT2D eigenvalue weighted by atomic mass is 9.80. The number of fused-ring (bicyclic) bond motifs is 2. The summed E-state index contributed by atoms with van der Waals surface area (Å²) in [7, 11) is -1.48. The molecule has 4 N–H and O–H groups in total. The Morgan fingerprint density at radius 1 is 0.594 bits per heavy atom. The number of rotatable bonds is 8. The molecule has 0 bridgehead atoms. The first kappa shape index (κ1) is 47.2. The van der Waals surface area contributed by atoms with E-state index in [-0.39, 0.29) is 11.1 Å². The van der Waals surface area contributed by atoms with Crippen LogP contribution in [0.1, 0.15) is 41.5 Å². The van der Waals surface area contributed by atoms with Crippen LogP contribution >= 0.6 is 39.1 Å². The summed E-state index contributed by atoms with van der Waals surface area (Å²) in [5.41, 5.74) is 2.07. The molecule has 14 nitrogen and oxygen atoms in total. The van der Waals surface area contributed by atoms with Gasteiger partial charge < -0.3 is 30.4 Å². The molecule has 0 atom stereocenters. The Kier molecular flexibility index (Phi) is 15.1. The number of para-hydroxylation sites is 2.